The molecule has 1 saturated heterocycles. The van der Waals surface area contributed by atoms with Crippen LogP contribution in [0.5, 0.6) is 5.75 Å². The standard InChI is InChI=1S/C12H13Cl2NO2/c13-9-1-2-11(10(14)7-9)17-12(16)8-3-5-15-6-4-8/h1-2,7-8,15H,3-6H2. The fourth-order valence-corrected chi connectivity index (χ4v) is 2.25. The highest BCUT2D eigenvalue weighted by Gasteiger charge is 2.23. The lowest BCUT2D eigenvalue weighted by Gasteiger charge is -2.21. The SMILES string of the molecule is O=C(Oc1ccc(Cl)cc1Cl)C1CCNCC1. The number of carbonyl (C=O) groups excluding carboxylic acids is 1. The van der Waals surface area contributed by atoms with Gasteiger partial charge in [-0.05, 0) is 44.1 Å². The second kappa shape index (κ2) is 5.71. The summed E-state index contributed by atoms with van der Waals surface area (Å²) in [4.78, 5) is 11.9. The van der Waals surface area contributed by atoms with Gasteiger partial charge in [0.25, 0.3) is 0 Å². The number of nitrogens with one attached hydrogen (secondary N) is 1. The Hall–Kier alpha value is -0.770. The van der Waals surface area contributed by atoms with Crippen molar-refractivity contribution in [3.8, 4) is 5.75 Å². The van der Waals surface area contributed by atoms with Crippen molar-refractivity contribution in [1.29, 1.82) is 0 Å². The van der Waals surface area contributed by atoms with Crippen LogP contribution in [-0.2, 0) is 4.79 Å². The van der Waals surface area contributed by atoms with Gasteiger partial charge in [0.1, 0.15) is 5.75 Å². The molecule has 1 aromatic rings. The summed E-state index contributed by atoms with van der Waals surface area (Å²) in [5, 5.41) is 4.09. The molecular weight excluding hydrogens is 261 g/mol. The van der Waals surface area contributed by atoms with Gasteiger partial charge in [-0.1, -0.05) is 23.2 Å². The minimum atomic E-state index is -0.212. The van der Waals surface area contributed by atoms with E-state index in [4.69, 9.17) is 27.9 Å². The molecule has 3 nitrogen and oxygen atoms in total. The van der Waals surface area contributed by atoms with Gasteiger partial charge in [0.2, 0.25) is 0 Å². The number of hydrogen-bond acceptors (Lipinski definition) is 3. The molecule has 1 heterocycles. The molecule has 1 N–H and O–H groups in total. The molecule has 0 spiro atoms. The Morgan fingerprint density at radius 2 is 2.00 bits per heavy atom. The van der Waals surface area contributed by atoms with Gasteiger partial charge in [-0.3, -0.25) is 4.79 Å². The average Bonchev–Trinajstić information content (AvgIpc) is 2.34. The number of hydrogen-bond donors (Lipinski definition) is 1. The van der Waals surface area contributed by atoms with Crippen LogP contribution in [0, 0.1) is 5.92 Å². The number of esters is 1. The molecule has 0 saturated carbocycles. The van der Waals surface area contributed by atoms with Crippen molar-refractivity contribution in [3.05, 3.63) is 28.2 Å². The van der Waals surface area contributed by atoms with Crippen molar-refractivity contribution in [2.75, 3.05) is 13.1 Å². The zero-order valence-corrected chi connectivity index (χ0v) is 10.7. The molecule has 2 rings (SSSR count). The van der Waals surface area contributed by atoms with Crippen LogP contribution in [0.3, 0.4) is 0 Å². The fourth-order valence-electron chi connectivity index (χ4n) is 1.81. The summed E-state index contributed by atoms with van der Waals surface area (Å²) in [7, 11) is 0. The molecule has 0 aromatic heterocycles. The minimum absolute atomic E-state index is 0.0389. The molecule has 1 fully saturated rings. The first-order chi connectivity index (χ1) is 8.16. The molecule has 0 amide bonds. The number of rotatable bonds is 2. The molecule has 0 radical (unpaired) electrons. The maximum atomic E-state index is 11.9. The van der Waals surface area contributed by atoms with Crippen LogP contribution in [0.1, 0.15) is 12.8 Å². The molecule has 17 heavy (non-hydrogen) atoms. The third-order valence-electron chi connectivity index (χ3n) is 2.78. The summed E-state index contributed by atoms with van der Waals surface area (Å²) in [6.07, 6.45) is 1.62. The van der Waals surface area contributed by atoms with E-state index in [-0.39, 0.29) is 11.9 Å². The molecule has 5 heteroatoms. The van der Waals surface area contributed by atoms with Gasteiger partial charge in [-0.25, -0.2) is 0 Å². The summed E-state index contributed by atoms with van der Waals surface area (Å²) in [6, 6.07) is 4.83. The second-order valence-corrected chi connectivity index (χ2v) is 4.86. The first-order valence-electron chi connectivity index (χ1n) is 5.54. The average molecular weight is 274 g/mol. The summed E-state index contributed by atoms with van der Waals surface area (Å²) < 4.78 is 5.28. The Morgan fingerprint density at radius 1 is 1.29 bits per heavy atom. The lowest BCUT2D eigenvalue weighted by atomic mass is 9.98. The maximum Gasteiger partial charge on any atom is 0.314 e. The van der Waals surface area contributed by atoms with Crippen LogP contribution in [0.25, 0.3) is 0 Å². The van der Waals surface area contributed by atoms with E-state index >= 15 is 0 Å². The van der Waals surface area contributed by atoms with Crippen molar-refractivity contribution < 1.29 is 9.53 Å². The Morgan fingerprint density at radius 3 is 2.65 bits per heavy atom. The first-order valence-corrected chi connectivity index (χ1v) is 6.30. The Kier molecular flexibility index (Phi) is 4.26. The quantitative estimate of drug-likeness (QED) is 0.665. The minimum Gasteiger partial charge on any atom is -0.425 e. The summed E-state index contributed by atoms with van der Waals surface area (Å²) in [5.41, 5.74) is 0. The highest BCUT2D eigenvalue weighted by Crippen LogP contribution is 2.28. The molecule has 0 aliphatic carbocycles. The third-order valence-corrected chi connectivity index (χ3v) is 3.31. The molecule has 1 aliphatic heterocycles. The van der Waals surface area contributed by atoms with Crippen LogP contribution in [0.4, 0.5) is 0 Å². The van der Waals surface area contributed by atoms with Gasteiger partial charge in [0, 0.05) is 5.02 Å². The summed E-state index contributed by atoms with van der Waals surface area (Å²) >= 11 is 11.7. The molecular formula is C12H13Cl2NO2. The van der Waals surface area contributed by atoms with Gasteiger partial charge in [-0.2, -0.15) is 0 Å². The van der Waals surface area contributed by atoms with Crippen LogP contribution in [-0.4, -0.2) is 19.1 Å². The molecule has 0 unspecified atom stereocenters. The van der Waals surface area contributed by atoms with Crippen molar-refractivity contribution in [2.45, 2.75) is 12.8 Å². The number of ether oxygens (including phenoxy) is 1. The molecule has 0 atom stereocenters. The van der Waals surface area contributed by atoms with E-state index in [0.29, 0.717) is 15.8 Å². The molecule has 92 valence electrons. The van der Waals surface area contributed by atoms with E-state index in [1.165, 1.54) is 0 Å². The fraction of sp³-hybridized carbons (Fsp3) is 0.417. The number of benzene rings is 1. The first kappa shape index (κ1) is 12.7. The van der Waals surface area contributed by atoms with Gasteiger partial charge >= 0.3 is 5.97 Å². The van der Waals surface area contributed by atoms with Gasteiger partial charge in [0.15, 0.2) is 0 Å². The Balaban J connectivity index is 2.02. The Labute approximate surface area is 110 Å². The molecule has 1 aromatic carbocycles. The smallest absolute Gasteiger partial charge is 0.314 e. The second-order valence-electron chi connectivity index (χ2n) is 4.02. The third kappa shape index (κ3) is 3.35. The number of carbonyl (C=O) groups is 1. The summed E-state index contributed by atoms with van der Waals surface area (Å²) in [6.45, 7) is 1.71. The van der Waals surface area contributed by atoms with Crippen LogP contribution < -0.4 is 10.1 Å². The highest BCUT2D eigenvalue weighted by molar-refractivity contribution is 6.35. The predicted molar refractivity (Wildman–Crippen MR) is 67.7 cm³/mol. The van der Waals surface area contributed by atoms with E-state index in [1.54, 1.807) is 18.2 Å². The normalized spacial score (nSPS) is 16.8. The highest BCUT2D eigenvalue weighted by atomic mass is 35.5. The van der Waals surface area contributed by atoms with Crippen molar-refractivity contribution in [3.63, 3.8) is 0 Å². The summed E-state index contributed by atoms with van der Waals surface area (Å²) in [5.74, 6) is 0.123. The number of piperidine rings is 1. The topological polar surface area (TPSA) is 38.3 Å². The van der Waals surface area contributed by atoms with Gasteiger partial charge in [0.05, 0.1) is 10.9 Å². The van der Waals surface area contributed by atoms with Gasteiger partial charge in [-0.15, -0.1) is 0 Å². The predicted octanol–water partition coefficient (Wildman–Crippen LogP) is 2.90. The largest absolute Gasteiger partial charge is 0.425 e. The van der Waals surface area contributed by atoms with Crippen LogP contribution in [0.2, 0.25) is 10.0 Å². The van der Waals surface area contributed by atoms with Crippen molar-refractivity contribution >= 4 is 29.2 Å². The van der Waals surface area contributed by atoms with E-state index in [9.17, 15) is 4.79 Å². The molecule has 0 bridgehead atoms. The zero-order valence-electron chi connectivity index (χ0n) is 9.21. The van der Waals surface area contributed by atoms with Gasteiger partial charge < -0.3 is 10.1 Å². The zero-order chi connectivity index (χ0) is 12.3. The van der Waals surface area contributed by atoms with Crippen LogP contribution >= 0.6 is 23.2 Å². The van der Waals surface area contributed by atoms with E-state index in [2.05, 4.69) is 5.32 Å². The monoisotopic (exact) mass is 273 g/mol. The lowest BCUT2D eigenvalue weighted by Crippen LogP contribution is -2.33. The van der Waals surface area contributed by atoms with E-state index < -0.39 is 0 Å². The van der Waals surface area contributed by atoms with Crippen LogP contribution in [0.15, 0.2) is 18.2 Å². The van der Waals surface area contributed by atoms with E-state index in [1.807, 2.05) is 0 Å². The Bertz CT molecular complexity index is 417. The van der Waals surface area contributed by atoms with Crippen molar-refractivity contribution in [1.82, 2.24) is 5.32 Å². The number of halogens is 2. The lowest BCUT2D eigenvalue weighted by molar-refractivity contribution is -0.139. The van der Waals surface area contributed by atoms with Crippen molar-refractivity contribution in [2.24, 2.45) is 5.92 Å². The van der Waals surface area contributed by atoms with E-state index in [0.717, 1.165) is 25.9 Å². The molecule has 1 aliphatic rings. The maximum absolute atomic E-state index is 11.9.